The summed E-state index contributed by atoms with van der Waals surface area (Å²) in [5.41, 5.74) is 1.07. The minimum Gasteiger partial charge on any atom is -0.322 e. The van der Waals surface area contributed by atoms with Crippen molar-refractivity contribution in [3.8, 4) is 0 Å². The number of halogens is 1. The highest BCUT2D eigenvalue weighted by molar-refractivity contribution is 9.10. The molecule has 2 aromatic carbocycles. The monoisotopic (exact) mass is 410 g/mol. The number of carbonyl (C=O) groups excluding carboxylic acids is 1. The van der Waals surface area contributed by atoms with Crippen LogP contribution in [0.4, 0.5) is 5.69 Å². The first kappa shape index (κ1) is 18.6. The maximum Gasteiger partial charge on any atom is 0.255 e. The average Bonchev–Trinajstić information content (AvgIpc) is 2.56. The molecule has 0 aromatic heterocycles. The summed E-state index contributed by atoms with van der Waals surface area (Å²) in [5, 5.41) is 2.75. The van der Waals surface area contributed by atoms with E-state index in [2.05, 4.69) is 21.2 Å². The molecule has 2 aromatic rings. The number of hydrogen-bond acceptors (Lipinski definition) is 3. The van der Waals surface area contributed by atoms with E-state index in [9.17, 15) is 13.2 Å². The van der Waals surface area contributed by atoms with E-state index in [-0.39, 0.29) is 10.8 Å². The van der Waals surface area contributed by atoms with Gasteiger partial charge in [-0.05, 0) is 48.5 Å². The van der Waals surface area contributed by atoms with Gasteiger partial charge in [-0.2, -0.15) is 4.31 Å². The van der Waals surface area contributed by atoms with Crippen molar-refractivity contribution in [2.24, 2.45) is 0 Å². The first-order valence-electron chi connectivity index (χ1n) is 7.55. The lowest BCUT2D eigenvalue weighted by atomic mass is 10.2. The van der Waals surface area contributed by atoms with Gasteiger partial charge >= 0.3 is 0 Å². The van der Waals surface area contributed by atoms with Gasteiger partial charge in [0.2, 0.25) is 10.0 Å². The summed E-state index contributed by atoms with van der Waals surface area (Å²) in [6.45, 7) is 4.43. The third-order valence-corrected chi connectivity index (χ3v) is 6.15. The molecule has 128 valence electrons. The number of rotatable bonds is 6. The first-order valence-corrected chi connectivity index (χ1v) is 9.79. The fraction of sp³-hybridized carbons (Fsp3) is 0.235. The smallest absolute Gasteiger partial charge is 0.255 e. The fourth-order valence-electron chi connectivity index (χ4n) is 2.23. The second-order valence-electron chi connectivity index (χ2n) is 5.07. The number of carbonyl (C=O) groups is 1. The zero-order valence-corrected chi connectivity index (χ0v) is 15.9. The predicted molar refractivity (Wildman–Crippen MR) is 98.6 cm³/mol. The highest BCUT2D eigenvalue weighted by Gasteiger charge is 2.21. The summed E-state index contributed by atoms with van der Waals surface area (Å²) in [5.74, 6) is -0.248. The summed E-state index contributed by atoms with van der Waals surface area (Å²) in [7, 11) is -3.49. The quantitative estimate of drug-likeness (QED) is 0.788. The maximum atomic E-state index is 12.4. The highest BCUT2D eigenvalue weighted by atomic mass is 79.9. The van der Waals surface area contributed by atoms with Crippen LogP contribution in [-0.4, -0.2) is 31.7 Å². The number of amides is 1. The molecule has 7 heteroatoms. The second-order valence-corrected chi connectivity index (χ2v) is 7.93. The van der Waals surface area contributed by atoms with E-state index >= 15 is 0 Å². The number of anilines is 1. The van der Waals surface area contributed by atoms with E-state index in [0.29, 0.717) is 24.3 Å². The number of sulfonamides is 1. The molecule has 0 aliphatic heterocycles. The van der Waals surface area contributed by atoms with Crippen molar-refractivity contribution in [2.75, 3.05) is 18.4 Å². The molecule has 0 bridgehead atoms. The molecule has 2 rings (SSSR count). The third-order valence-electron chi connectivity index (χ3n) is 3.56. The highest BCUT2D eigenvalue weighted by Crippen LogP contribution is 2.19. The Morgan fingerprint density at radius 3 is 2.04 bits per heavy atom. The molecule has 0 unspecified atom stereocenters. The number of hydrogen-bond donors (Lipinski definition) is 1. The van der Waals surface area contributed by atoms with E-state index in [1.807, 2.05) is 0 Å². The minimum absolute atomic E-state index is 0.216. The van der Waals surface area contributed by atoms with Crippen LogP contribution in [0.5, 0.6) is 0 Å². The van der Waals surface area contributed by atoms with E-state index in [4.69, 9.17) is 0 Å². The molecule has 1 N–H and O–H groups in total. The van der Waals surface area contributed by atoms with Crippen LogP contribution in [0.2, 0.25) is 0 Å². The van der Waals surface area contributed by atoms with E-state index in [1.54, 1.807) is 50.2 Å². The molecule has 0 fully saturated rings. The zero-order valence-electron chi connectivity index (χ0n) is 13.5. The van der Waals surface area contributed by atoms with Crippen LogP contribution in [0.25, 0.3) is 0 Å². The van der Waals surface area contributed by atoms with E-state index < -0.39 is 10.0 Å². The Kier molecular flexibility index (Phi) is 6.15. The SMILES string of the molecule is CCN(CC)S(=O)(=O)c1ccc(NC(=O)c2ccc(Br)cc2)cc1. The summed E-state index contributed by atoms with van der Waals surface area (Å²) < 4.78 is 27.1. The number of nitrogens with one attached hydrogen (secondary N) is 1. The van der Waals surface area contributed by atoms with Gasteiger partial charge in [-0.25, -0.2) is 8.42 Å². The maximum absolute atomic E-state index is 12.4. The van der Waals surface area contributed by atoms with Gasteiger partial charge in [0.15, 0.2) is 0 Å². The third kappa shape index (κ3) is 4.23. The largest absolute Gasteiger partial charge is 0.322 e. The molecular formula is C17H19BrN2O3S. The van der Waals surface area contributed by atoms with E-state index in [0.717, 1.165) is 4.47 Å². The fourth-order valence-corrected chi connectivity index (χ4v) is 3.95. The van der Waals surface area contributed by atoms with Crippen molar-refractivity contribution in [2.45, 2.75) is 18.7 Å². The average molecular weight is 411 g/mol. The Morgan fingerprint density at radius 2 is 1.54 bits per heavy atom. The molecule has 0 aliphatic carbocycles. The lowest BCUT2D eigenvalue weighted by molar-refractivity contribution is 0.102. The van der Waals surface area contributed by atoms with Gasteiger partial charge in [-0.3, -0.25) is 4.79 Å². The van der Waals surface area contributed by atoms with E-state index in [1.165, 1.54) is 16.4 Å². The van der Waals surface area contributed by atoms with Crippen molar-refractivity contribution >= 4 is 37.5 Å². The standard InChI is InChI=1S/C17H19BrN2O3S/c1-3-20(4-2)24(22,23)16-11-9-15(10-12-16)19-17(21)13-5-7-14(18)8-6-13/h5-12H,3-4H2,1-2H3,(H,19,21). The van der Waals surface area contributed by atoms with Crippen LogP contribution < -0.4 is 5.32 Å². The van der Waals surface area contributed by atoms with Crippen LogP contribution in [0.15, 0.2) is 57.9 Å². The van der Waals surface area contributed by atoms with Gasteiger partial charge < -0.3 is 5.32 Å². The van der Waals surface area contributed by atoms with Gasteiger partial charge in [-0.15, -0.1) is 0 Å². The van der Waals surface area contributed by atoms with Crippen molar-refractivity contribution in [1.82, 2.24) is 4.31 Å². The molecule has 0 saturated heterocycles. The van der Waals surface area contributed by atoms with Gasteiger partial charge in [-0.1, -0.05) is 29.8 Å². The van der Waals surface area contributed by atoms with Gasteiger partial charge in [0.05, 0.1) is 4.90 Å². The predicted octanol–water partition coefficient (Wildman–Crippen LogP) is 3.73. The topological polar surface area (TPSA) is 66.5 Å². The van der Waals surface area contributed by atoms with Crippen molar-refractivity contribution < 1.29 is 13.2 Å². The Labute approximate surface area is 150 Å². The molecular weight excluding hydrogens is 392 g/mol. The Hall–Kier alpha value is -1.70. The van der Waals surface area contributed by atoms with Crippen LogP contribution in [0, 0.1) is 0 Å². The number of benzene rings is 2. The molecule has 0 radical (unpaired) electrons. The molecule has 1 amide bonds. The summed E-state index contributed by atoms with van der Waals surface area (Å²) in [6.07, 6.45) is 0. The summed E-state index contributed by atoms with van der Waals surface area (Å²) >= 11 is 3.32. The lowest BCUT2D eigenvalue weighted by Crippen LogP contribution is -2.30. The van der Waals surface area contributed by atoms with Crippen LogP contribution in [0.3, 0.4) is 0 Å². The molecule has 0 saturated carbocycles. The molecule has 5 nitrogen and oxygen atoms in total. The molecule has 24 heavy (non-hydrogen) atoms. The molecule has 0 atom stereocenters. The van der Waals surface area contributed by atoms with Crippen LogP contribution >= 0.6 is 15.9 Å². The Morgan fingerprint density at radius 1 is 1.00 bits per heavy atom. The minimum atomic E-state index is -3.49. The van der Waals surface area contributed by atoms with Crippen molar-refractivity contribution in [3.63, 3.8) is 0 Å². The Bertz CT molecular complexity index is 799. The van der Waals surface area contributed by atoms with Gasteiger partial charge in [0.25, 0.3) is 5.91 Å². The summed E-state index contributed by atoms with van der Waals surface area (Å²) in [4.78, 5) is 12.4. The Balaban J connectivity index is 2.15. The van der Waals surface area contributed by atoms with Crippen LogP contribution in [0.1, 0.15) is 24.2 Å². The zero-order chi connectivity index (χ0) is 17.7. The number of nitrogens with zero attached hydrogens (tertiary/aromatic N) is 1. The van der Waals surface area contributed by atoms with Gasteiger partial charge in [0.1, 0.15) is 0 Å². The van der Waals surface area contributed by atoms with Crippen molar-refractivity contribution in [3.05, 3.63) is 58.6 Å². The lowest BCUT2D eigenvalue weighted by Gasteiger charge is -2.18. The molecule has 0 spiro atoms. The van der Waals surface area contributed by atoms with Crippen molar-refractivity contribution in [1.29, 1.82) is 0 Å². The van der Waals surface area contributed by atoms with Crippen LogP contribution in [-0.2, 0) is 10.0 Å². The normalized spacial score (nSPS) is 11.5. The second kappa shape index (κ2) is 7.92. The molecule has 0 aliphatic rings. The molecule has 0 heterocycles. The first-order chi connectivity index (χ1) is 11.4. The van der Waals surface area contributed by atoms with Gasteiger partial charge in [0, 0.05) is 28.8 Å². The summed E-state index contributed by atoms with van der Waals surface area (Å²) in [6, 6.07) is 13.2.